The van der Waals surface area contributed by atoms with Gasteiger partial charge < -0.3 is 15.5 Å². The second-order valence-corrected chi connectivity index (χ2v) is 5.62. The molecule has 0 atom stereocenters. The molecule has 1 heterocycles. The van der Waals surface area contributed by atoms with Gasteiger partial charge in [0.1, 0.15) is 5.75 Å². The standard InChI is InChI=1S/C16H16N2OS/c17-13-5-7-14(8-6-13)19-9-10-20-16-11-12-3-1-2-4-15(12)18-16/h1-8,11,18H,9-10,17H2. The highest BCUT2D eigenvalue weighted by molar-refractivity contribution is 7.99. The normalized spacial score (nSPS) is 10.8. The Morgan fingerprint density at radius 1 is 1.05 bits per heavy atom. The summed E-state index contributed by atoms with van der Waals surface area (Å²) in [5.41, 5.74) is 7.56. The first-order chi connectivity index (χ1) is 9.81. The van der Waals surface area contributed by atoms with Crippen LogP contribution >= 0.6 is 11.8 Å². The molecule has 0 aliphatic heterocycles. The maximum absolute atomic E-state index is 5.67. The largest absolute Gasteiger partial charge is 0.493 e. The minimum Gasteiger partial charge on any atom is -0.493 e. The van der Waals surface area contributed by atoms with E-state index in [0.29, 0.717) is 6.61 Å². The molecule has 0 spiro atoms. The van der Waals surface area contributed by atoms with E-state index in [1.807, 2.05) is 30.3 Å². The highest BCUT2D eigenvalue weighted by Gasteiger charge is 2.00. The van der Waals surface area contributed by atoms with E-state index in [1.165, 1.54) is 15.9 Å². The SMILES string of the molecule is Nc1ccc(OCCSc2cc3ccccc3[nH]2)cc1. The number of anilines is 1. The van der Waals surface area contributed by atoms with Crippen LogP contribution in [-0.4, -0.2) is 17.3 Å². The Morgan fingerprint density at radius 2 is 1.85 bits per heavy atom. The number of hydrogen-bond acceptors (Lipinski definition) is 3. The number of H-pyrrole nitrogens is 1. The fourth-order valence-electron chi connectivity index (χ4n) is 2.00. The molecule has 0 bridgehead atoms. The second-order valence-electron chi connectivity index (χ2n) is 4.49. The van der Waals surface area contributed by atoms with Crippen LogP contribution in [0.4, 0.5) is 5.69 Å². The molecule has 0 amide bonds. The van der Waals surface area contributed by atoms with Crippen molar-refractivity contribution in [1.82, 2.24) is 4.98 Å². The lowest BCUT2D eigenvalue weighted by molar-refractivity contribution is 0.344. The van der Waals surface area contributed by atoms with Gasteiger partial charge >= 0.3 is 0 Å². The van der Waals surface area contributed by atoms with E-state index in [1.54, 1.807) is 11.8 Å². The molecule has 3 rings (SSSR count). The van der Waals surface area contributed by atoms with E-state index in [-0.39, 0.29) is 0 Å². The molecule has 3 aromatic rings. The Hall–Kier alpha value is -2.07. The van der Waals surface area contributed by atoms with Crippen LogP contribution in [0.1, 0.15) is 0 Å². The summed E-state index contributed by atoms with van der Waals surface area (Å²) in [6, 6.07) is 17.9. The van der Waals surface area contributed by atoms with Gasteiger partial charge in [-0.2, -0.15) is 0 Å². The van der Waals surface area contributed by atoms with Gasteiger partial charge in [-0.3, -0.25) is 0 Å². The number of rotatable bonds is 5. The molecule has 0 aliphatic rings. The Kier molecular flexibility index (Phi) is 3.83. The molecule has 3 nitrogen and oxygen atoms in total. The second kappa shape index (κ2) is 5.92. The molecule has 0 fully saturated rings. The fraction of sp³-hybridized carbons (Fsp3) is 0.125. The van der Waals surface area contributed by atoms with Crippen LogP contribution in [0, 0.1) is 0 Å². The quantitative estimate of drug-likeness (QED) is 0.424. The summed E-state index contributed by atoms with van der Waals surface area (Å²) in [7, 11) is 0. The van der Waals surface area contributed by atoms with E-state index in [9.17, 15) is 0 Å². The van der Waals surface area contributed by atoms with Crippen molar-refractivity contribution >= 4 is 28.4 Å². The van der Waals surface area contributed by atoms with E-state index >= 15 is 0 Å². The first-order valence-corrected chi connectivity index (χ1v) is 7.49. The van der Waals surface area contributed by atoms with Crippen LogP contribution in [0.15, 0.2) is 59.6 Å². The number of fused-ring (bicyclic) bond motifs is 1. The van der Waals surface area contributed by atoms with Gasteiger partial charge in [0.15, 0.2) is 0 Å². The minimum atomic E-state index is 0.671. The van der Waals surface area contributed by atoms with Crippen molar-refractivity contribution in [2.75, 3.05) is 18.1 Å². The van der Waals surface area contributed by atoms with Crippen LogP contribution in [0.25, 0.3) is 10.9 Å². The number of aromatic amines is 1. The number of nitrogens with one attached hydrogen (secondary N) is 1. The fourth-order valence-corrected chi connectivity index (χ4v) is 2.78. The third kappa shape index (κ3) is 3.08. The zero-order chi connectivity index (χ0) is 13.8. The average molecular weight is 284 g/mol. The van der Waals surface area contributed by atoms with Crippen molar-refractivity contribution in [2.24, 2.45) is 0 Å². The monoisotopic (exact) mass is 284 g/mol. The smallest absolute Gasteiger partial charge is 0.119 e. The molecule has 0 aliphatic carbocycles. The predicted octanol–water partition coefficient (Wildman–Crippen LogP) is 3.92. The van der Waals surface area contributed by atoms with E-state index in [4.69, 9.17) is 10.5 Å². The lowest BCUT2D eigenvalue weighted by atomic mass is 10.3. The zero-order valence-electron chi connectivity index (χ0n) is 11.0. The molecule has 1 aromatic heterocycles. The molecular weight excluding hydrogens is 268 g/mol. The topological polar surface area (TPSA) is 51.0 Å². The van der Waals surface area contributed by atoms with Crippen LogP contribution in [0.3, 0.4) is 0 Å². The van der Waals surface area contributed by atoms with Gasteiger partial charge in [-0.25, -0.2) is 0 Å². The van der Waals surface area contributed by atoms with Crippen LogP contribution < -0.4 is 10.5 Å². The summed E-state index contributed by atoms with van der Waals surface area (Å²) >= 11 is 1.76. The first kappa shape index (κ1) is 12.9. The van der Waals surface area contributed by atoms with Crippen molar-refractivity contribution in [1.29, 1.82) is 0 Å². The summed E-state index contributed by atoms with van der Waals surface area (Å²) in [5, 5.41) is 2.42. The van der Waals surface area contributed by atoms with Crippen LogP contribution in [0.5, 0.6) is 5.75 Å². The number of para-hydroxylation sites is 1. The third-order valence-corrected chi connectivity index (χ3v) is 3.90. The molecule has 3 N–H and O–H groups in total. The van der Waals surface area contributed by atoms with Crippen LogP contribution in [-0.2, 0) is 0 Å². The predicted molar refractivity (Wildman–Crippen MR) is 85.4 cm³/mol. The van der Waals surface area contributed by atoms with Crippen molar-refractivity contribution in [3.05, 3.63) is 54.6 Å². The number of nitrogens with two attached hydrogens (primary N) is 1. The summed E-state index contributed by atoms with van der Waals surface area (Å²) in [6.45, 7) is 0.671. The maximum Gasteiger partial charge on any atom is 0.119 e. The van der Waals surface area contributed by atoms with E-state index in [2.05, 4.69) is 29.2 Å². The number of benzene rings is 2. The molecule has 20 heavy (non-hydrogen) atoms. The summed E-state index contributed by atoms with van der Waals surface area (Å²) < 4.78 is 5.67. The number of aromatic nitrogens is 1. The number of ether oxygens (including phenoxy) is 1. The number of thioether (sulfide) groups is 1. The van der Waals surface area contributed by atoms with E-state index in [0.717, 1.165) is 17.2 Å². The van der Waals surface area contributed by atoms with Crippen molar-refractivity contribution < 1.29 is 4.74 Å². The molecule has 0 saturated heterocycles. The minimum absolute atomic E-state index is 0.671. The lowest BCUT2D eigenvalue weighted by Gasteiger charge is -2.05. The Bertz CT molecular complexity index is 658. The molecule has 4 heteroatoms. The summed E-state index contributed by atoms with van der Waals surface area (Å²) in [5.74, 6) is 1.76. The average Bonchev–Trinajstić information content (AvgIpc) is 2.88. The molecule has 0 saturated carbocycles. The maximum atomic E-state index is 5.67. The lowest BCUT2D eigenvalue weighted by Crippen LogP contribution is -2.00. The molecule has 2 aromatic carbocycles. The van der Waals surface area contributed by atoms with Gasteiger partial charge in [-0.05, 0) is 36.4 Å². The van der Waals surface area contributed by atoms with Gasteiger partial charge in [0.25, 0.3) is 0 Å². The third-order valence-electron chi connectivity index (χ3n) is 2.99. The molecular formula is C16H16N2OS. The van der Waals surface area contributed by atoms with Gasteiger partial charge in [-0.1, -0.05) is 18.2 Å². The van der Waals surface area contributed by atoms with Gasteiger partial charge in [-0.15, -0.1) is 11.8 Å². The van der Waals surface area contributed by atoms with E-state index < -0.39 is 0 Å². The Morgan fingerprint density at radius 3 is 2.65 bits per heavy atom. The molecule has 0 unspecified atom stereocenters. The summed E-state index contributed by atoms with van der Waals surface area (Å²) in [6.07, 6.45) is 0. The zero-order valence-corrected chi connectivity index (χ0v) is 11.8. The van der Waals surface area contributed by atoms with Gasteiger partial charge in [0.05, 0.1) is 11.6 Å². The van der Waals surface area contributed by atoms with Gasteiger partial charge in [0, 0.05) is 22.3 Å². The van der Waals surface area contributed by atoms with Crippen molar-refractivity contribution in [3.8, 4) is 5.75 Å². The van der Waals surface area contributed by atoms with Crippen LogP contribution in [0.2, 0.25) is 0 Å². The van der Waals surface area contributed by atoms with Gasteiger partial charge in [0.2, 0.25) is 0 Å². The number of hydrogen-bond donors (Lipinski definition) is 2. The highest BCUT2D eigenvalue weighted by atomic mass is 32.2. The van der Waals surface area contributed by atoms with Crippen molar-refractivity contribution in [3.63, 3.8) is 0 Å². The number of nitrogen functional groups attached to an aromatic ring is 1. The Labute approximate surface area is 122 Å². The first-order valence-electron chi connectivity index (χ1n) is 6.50. The van der Waals surface area contributed by atoms with Crippen molar-refractivity contribution in [2.45, 2.75) is 5.03 Å². The summed E-state index contributed by atoms with van der Waals surface area (Å²) in [4.78, 5) is 3.39. The molecule has 0 radical (unpaired) electrons. The molecule has 102 valence electrons. The Balaban J connectivity index is 1.51. The highest BCUT2D eigenvalue weighted by Crippen LogP contribution is 2.23.